The molecule has 0 radical (unpaired) electrons. The van der Waals surface area contributed by atoms with Crippen molar-refractivity contribution in [1.82, 2.24) is 5.32 Å². The molecule has 0 aromatic heterocycles. The Morgan fingerprint density at radius 3 is 2.17 bits per heavy atom. The molecule has 2 aromatic carbocycles. The number of hydrogen-bond donors (Lipinski definition) is 1. The Bertz CT molecular complexity index is 854. The van der Waals surface area contributed by atoms with Gasteiger partial charge in [-0.3, -0.25) is 4.79 Å². The molecule has 4 nitrogen and oxygen atoms in total. The van der Waals surface area contributed by atoms with Gasteiger partial charge in [0.1, 0.15) is 5.82 Å². The summed E-state index contributed by atoms with van der Waals surface area (Å²) in [4.78, 5) is 12.4. The van der Waals surface area contributed by atoms with Crippen molar-refractivity contribution >= 4 is 15.7 Å². The van der Waals surface area contributed by atoms with E-state index in [1.807, 2.05) is 0 Å². The fourth-order valence-electron chi connectivity index (χ4n) is 2.73. The summed E-state index contributed by atoms with van der Waals surface area (Å²) >= 11 is 0. The Kier molecular flexibility index (Phi) is 4.17. The highest BCUT2D eigenvalue weighted by atomic mass is 32.2. The monoisotopic (exact) mass is 347 g/mol. The summed E-state index contributed by atoms with van der Waals surface area (Å²) in [6, 6.07) is 12.2. The van der Waals surface area contributed by atoms with Crippen LogP contribution < -0.4 is 5.32 Å². The molecule has 1 amide bonds. The van der Waals surface area contributed by atoms with Gasteiger partial charge in [0.05, 0.1) is 4.90 Å². The summed E-state index contributed by atoms with van der Waals surface area (Å²) in [7, 11) is -3.27. The summed E-state index contributed by atoms with van der Waals surface area (Å²) in [6.45, 7) is 0.477. The second-order valence-electron chi connectivity index (χ2n) is 6.27. The fourth-order valence-corrected chi connectivity index (χ4v) is 3.36. The maximum atomic E-state index is 13.0. The lowest BCUT2D eigenvalue weighted by Gasteiger charge is -2.16. The van der Waals surface area contributed by atoms with Crippen molar-refractivity contribution in [1.29, 1.82) is 0 Å². The Balaban J connectivity index is 1.66. The lowest BCUT2D eigenvalue weighted by molar-refractivity contribution is 0.0949. The number of hydrogen-bond acceptors (Lipinski definition) is 3. The van der Waals surface area contributed by atoms with Crippen molar-refractivity contribution in [3.8, 4) is 0 Å². The van der Waals surface area contributed by atoms with Crippen molar-refractivity contribution in [3.63, 3.8) is 0 Å². The average molecular weight is 347 g/mol. The smallest absolute Gasteiger partial charge is 0.251 e. The van der Waals surface area contributed by atoms with Crippen molar-refractivity contribution in [3.05, 3.63) is 65.5 Å². The van der Waals surface area contributed by atoms with Crippen LogP contribution in [0.4, 0.5) is 4.39 Å². The number of carbonyl (C=O) groups is 1. The number of halogens is 1. The molecule has 0 bridgehead atoms. The maximum absolute atomic E-state index is 13.0. The Labute approximate surface area is 140 Å². The van der Waals surface area contributed by atoms with Gasteiger partial charge >= 0.3 is 0 Å². The molecule has 0 aliphatic heterocycles. The fraction of sp³-hybridized carbons (Fsp3) is 0.278. The van der Waals surface area contributed by atoms with E-state index in [-0.39, 0.29) is 22.0 Å². The molecule has 0 atom stereocenters. The van der Waals surface area contributed by atoms with Gasteiger partial charge in [0, 0.05) is 23.8 Å². The van der Waals surface area contributed by atoms with Gasteiger partial charge in [0.25, 0.3) is 5.91 Å². The molecule has 0 saturated heterocycles. The highest BCUT2D eigenvalue weighted by Gasteiger charge is 2.44. The number of amides is 1. The SMILES string of the molecule is CS(=O)(=O)c1ccc(C(=O)NCC2(c3ccc(F)cc3)CC2)cc1. The van der Waals surface area contributed by atoms with Gasteiger partial charge in [-0.1, -0.05) is 12.1 Å². The largest absolute Gasteiger partial charge is 0.351 e. The summed E-state index contributed by atoms with van der Waals surface area (Å²) < 4.78 is 35.9. The minimum atomic E-state index is -3.27. The van der Waals surface area contributed by atoms with E-state index in [4.69, 9.17) is 0 Å². The molecule has 2 aromatic rings. The van der Waals surface area contributed by atoms with Gasteiger partial charge in [-0.25, -0.2) is 12.8 Å². The second-order valence-corrected chi connectivity index (χ2v) is 8.28. The van der Waals surface area contributed by atoms with Crippen LogP contribution >= 0.6 is 0 Å². The number of sulfone groups is 1. The van der Waals surface area contributed by atoms with Gasteiger partial charge in [-0.05, 0) is 54.8 Å². The number of carbonyl (C=O) groups excluding carboxylic acids is 1. The zero-order valence-electron chi connectivity index (χ0n) is 13.3. The molecule has 1 N–H and O–H groups in total. The van der Waals surface area contributed by atoms with E-state index in [0.29, 0.717) is 12.1 Å². The lowest BCUT2D eigenvalue weighted by atomic mass is 9.96. The molecule has 0 unspecified atom stereocenters. The molecule has 1 fully saturated rings. The Hall–Kier alpha value is -2.21. The normalized spacial score (nSPS) is 15.8. The number of rotatable bonds is 5. The number of nitrogens with one attached hydrogen (secondary N) is 1. The second kappa shape index (κ2) is 6.02. The highest BCUT2D eigenvalue weighted by Crippen LogP contribution is 2.47. The minimum absolute atomic E-state index is 0.115. The van der Waals surface area contributed by atoms with Crippen LogP contribution in [-0.4, -0.2) is 27.1 Å². The molecule has 0 heterocycles. The molecule has 1 saturated carbocycles. The van der Waals surface area contributed by atoms with Gasteiger partial charge in [-0.2, -0.15) is 0 Å². The van der Waals surface area contributed by atoms with Crippen molar-refractivity contribution in [2.45, 2.75) is 23.2 Å². The van der Waals surface area contributed by atoms with Crippen LogP contribution in [0.5, 0.6) is 0 Å². The first kappa shape index (κ1) is 16.6. The van der Waals surface area contributed by atoms with Gasteiger partial charge in [0.2, 0.25) is 0 Å². The summed E-state index contributed by atoms with van der Waals surface area (Å²) in [5.74, 6) is -0.520. The van der Waals surface area contributed by atoms with Gasteiger partial charge < -0.3 is 5.32 Å². The van der Waals surface area contributed by atoms with E-state index in [1.54, 1.807) is 12.1 Å². The molecule has 126 valence electrons. The van der Waals surface area contributed by atoms with Crippen LogP contribution in [0.2, 0.25) is 0 Å². The van der Waals surface area contributed by atoms with Crippen LogP contribution in [0, 0.1) is 5.82 Å². The predicted octanol–water partition coefficient (Wildman–Crippen LogP) is 2.69. The average Bonchev–Trinajstić information content (AvgIpc) is 3.34. The zero-order chi connectivity index (χ0) is 17.4. The maximum Gasteiger partial charge on any atom is 0.251 e. The first-order chi connectivity index (χ1) is 11.3. The first-order valence-corrected chi connectivity index (χ1v) is 9.54. The van der Waals surface area contributed by atoms with E-state index in [2.05, 4.69) is 5.32 Å². The summed E-state index contributed by atoms with van der Waals surface area (Å²) in [5.41, 5.74) is 1.32. The molecular formula is C18H18FNO3S. The Morgan fingerprint density at radius 2 is 1.67 bits per heavy atom. The molecule has 24 heavy (non-hydrogen) atoms. The third-order valence-electron chi connectivity index (χ3n) is 4.44. The third-order valence-corrected chi connectivity index (χ3v) is 5.57. The van der Waals surface area contributed by atoms with Gasteiger partial charge in [0.15, 0.2) is 9.84 Å². The van der Waals surface area contributed by atoms with Gasteiger partial charge in [-0.15, -0.1) is 0 Å². The van der Waals surface area contributed by atoms with E-state index in [9.17, 15) is 17.6 Å². The van der Waals surface area contributed by atoms with E-state index in [0.717, 1.165) is 24.7 Å². The van der Waals surface area contributed by atoms with Crippen molar-refractivity contribution in [2.24, 2.45) is 0 Å². The van der Waals surface area contributed by atoms with E-state index >= 15 is 0 Å². The highest BCUT2D eigenvalue weighted by molar-refractivity contribution is 7.90. The van der Waals surface area contributed by atoms with Crippen molar-refractivity contribution in [2.75, 3.05) is 12.8 Å². The third kappa shape index (κ3) is 3.48. The molecule has 6 heteroatoms. The quantitative estimate of drug-likeness (QED) is 0.904. The zero-order valence-corrected chi connectivity index (χ0v) is 14.1. The first-order valence-electron chi connectivity index (χ1n) is 7.65. The van der Waals surface area contributed by atoms with Crippen molar-refractivity contribution < 1.29 is 17.6 Å². The van der Waals surface area contributed by atoms with E-state index < -0.39 is 9.84 Å². The molecular weight excluding hydrogens is 329 g/mol. The molecule has 3 rings (SSSR count). The predicted molar refractivity (Wildman–Crippen MR) is 89.2 cm³/mol. The molecule has 0 spiro atoms. The lowest BCUT2D eigenvalue weighted by Crippen LogP contribution is -2.32. The Morgan fingerprint density at radius 1 is 1.08 bits per heavy atom. The van der Waals surface area contributed by atoms with Crippen LogP contribution in [-0.2, 0) is 15.3 Å². The number of benzene rings is 2. The van der Waals surface area contributed by atoms with E-state index in [1.165, 1.54) is 36.4 Å². The van der Waals surface area contributed by atoms with Crippen LogP contribution in [0.25, 0.3) is 0 Å². The van der Waals surface area contributed by atoms with Crippen LogP contribution in [0.1, 0.15) is 28.8 Å². The molecule has 1 aliphatic rings. The topological polar surface area (TPSA) is 63.2 Å². The standard InChI is InChI=1S/C18H18FNO3S/c1-24(22,23)16-8-2-13(3-9-16)17(21)20-12-18(10-11-18)14-4-6-15(19)7-5-14/h2-9H,10-12H2,1H3,(H,20,21). The van der Waals surface area contributed by atoms with Crippen LogP contribution in [0.3, 0.4) is 0 Å². The van der Waals surface area contributed by atoms with Crippen LogP contribution in [0.15, 0.2) is 53.4 Å². The molecule has 1 aliphatic carbocycles. The summed E-state index contributed by atoms with van der Waals surface area (Å²) in [6.07, 6.45) is 3.03. The minimum Gasteiger partial charge on any atom is -0.351 e. The summed E-state index contributed by atoms with van der Waals surface area (Å²) in [5, 5.41) is 2.89.